The molecule has 6 nitrogen and oxygen atoms in total. The molecular formula is C11H11ClN2O4. The summed E-state index contributed by atoms with van der Waals surface area (Å²) in [4.78, 5) is 22.8. The summed E-state index contributed by atoms with van der Waals surface area (Å²) in [6.07, 6.45) is 0. The van der Waals surface area contributed by atoms with E-state index in [0.29, 0.717) is 0 Å². The van der Waals surface area contributed by atoms with Gasteiger partial charge in [0.1, 0.15) is 28.8 Å². The van der Waals surface area contributed by atoms with E-state index in [1.807, 2.05) is 0 Å². The molecule has 1 N–H and O–H groups in total. The molecule has 0 aromatic carbocycles. The molecule has 0 saturated heterocycles. The number of esters is 1. The van der Waals surface area contributed by atoms with Gasteiger partial charge in [-0.1, -0.05) is 0 Å². The topological polar surface area (TPSA) is 92.3 Å². The van der Waals surface area contributed by atoms with Gasteiger partial charge in [0.25, 0.3) is 0 Å². The van der Waals surface area contributed by atoms with Crippen molar-refractivity contribution < 1.29 is 18.7 Å². The predicted octanol–water partition coefficient (Wildman–Crippen LogP) is 1.81. The summed E-state index contributed by atoms with van der Waals surface area (Å²) in [5.41, 5.74) is -0.0476. The van der Waals surface area contributed by atoms with Crippen molar-refractivity contribution in [3.05, 3.63) is 16.9 Å². The van der Waals surface area contributed by atoms with Crippen LogP contribution in [0.25, 0.3) is 0 Å². The van der Waals surface area contributed by atoms with Crippen LogP contribution in [0.1, 0.15) is 28.6 Å². The van der Waals surface area contributed by atoms with E-state index >= 15 is 0 Å². The molecular weight excluding hydrogens is 260 g/mol. The minimum atomic E-state index is -0.665. The molecule has 1 heterocycles. The van der Waals surface area contributed by atoms with Gasteiger partial charge in [-0.15, -0.1) is 11.6 Å². The third kappa shape index (κ3) is 2.81. The molecule has 0 radical (unpaired) electrons. The molecule has 18 heavy (non-hydrogen) atoms. The summed E-state index contributed by atoms with van der Waals surface area (Å²) in [7, 11) is 0. The van der Waals surface area contributed by atoms with Crippen molar-refractivity contribution >= 4 is 29.4 Å². The molecule has 0 aliphatic rings. The van der Waals surface area contributed by atoms with Crippen LogP contribution in [0.2, 0.25) is 0 Å². The molecule has 0 fully saturated rings. The van der Waals surface area contributed by atoms with Crippen LogP contribution in [0.4, 0.5) is 5.88 Å². The summed E-state index contributed by atoms with van der Waals surface area (Å²) < 4.78 is 9.97. The summed E-state index contributed by atoms with van der Waals surface area (Å²) in [5, 5.41) is 11.3. The fourth-order valence-electron chi connectivity index (χ4n) is 1.35. The zero-order valence-corrected chi connectivity index (χ0v) is 10.6. The molecule has 0 aliphatic carbocycles. The molecule has 0 spiro atoms. The van der Waals surface area contributed by atoms with Gasteiger partial charge in [-0.25, -0.2) is 4.79 Å². The summed E-state index contributed by atoms with van der Waals surface area (Å²) in [6.45, 7) is 3.33. The van der Waals surface area contributed by atoms with Crippen LogP contribution in [-0.4, -0.2) is 24.4 Å². The Labute approximate surface area is 108 Å². The Morgan fingerprint density at radius 3 is 2.72 bits per heavy atom. The van der Waals surface area contributed by atoms with Gasteiger partial charge in [-0.3, -0.25) is 10.1 Å². The fourth-order valence-corrected chi connectivity index (χ4v) is 1.42. The monoisotopic (exact) mass is 270 g/mol. The van der Waals surface area contributed by atoms with Crippen LogP contribution >= 0.6 is 11.6 Å². The number of nitrogens with zero attached hydrogens (tertiary/aromatic N) is 1. The van der Waals surface area contributed by atoms with Gasteiger partial charge in [0.05, 0.1) is 6.61 Å². The van der Waals surface area contributed by atoms with E-state index in [1.54, 1.807) is 13.0 Å². The van der Waals surface area contributed by atoms with Crippen molar-refractivity contribution in [3.63, 3.8) is 0 Å². The normalized spacial score (nSPS) is 9.67. The van der Waals surface area contributed by atoms with Crippen molar-refractivity contribution in [2.45, 2.75) is 13.8 Å². The summed E-state index contributed by atoms with van der Waals surface area (Å²) in [5.74, 6) is -1.36. The number of hydrogen-bond donors (Lipinski definition) is 1. The number of alkyl halides is 1. The number of aryl methyl sites for hydroxylation is 1. The number of rotatable bonds is 4. The molecule has 7 heteroatoms. The number of carbonyl (C=O) groups excluding carboxylic acids is 2. The maximum Gasteiger partial charge on any atom is 0.343 e. The SMILES string of the molecule is CCOC(=O)c1c(C)oc(NC(=O)CCl)c1C#N. The second-order valence-corrected chi connectivity index (χ2v) is 3.52. The minimum absolute atomic E-state index is 0.0178. The molecule has 0 saturated carbocycles. The van der Waals surface area contributed by atoms with Crippen LogP contribution in [0, 0.1) is 18.3 Å². The lowest BCUT2D eigenvalue weighted by Gasteiger charge is -2.00. The Morgan fingerprint density at radius 2 is 2.22 bits per heavy atom. The quantitative estimate of drug-likeness (QED) is 0.665. The highest BCUT2D eigenvalue weighted by molar-refractivity contribution is 6.29. The van der Waals surface area contributed by atoms with Crippen molar-refractivity contribution in [1.82, 2.24) is 0 Å². The van der Waals surface area contributed by atoms with Gasteiger partial charge in [0.2, 0.25) is 11.8 Å². The van der Waals surface area contributed by atoms with E-state index < -0.39 is 11.9 Å². The number of amides is 1. The van der Waals surface area contributed by atoms with Crippen LogP contribution in [0.3, 0.4) is 0 Å². The smallest absolute Gasteiger partial charge is 0.343 e. The van der Waals surface area contributed by atoms with E-state index in [9.17, 15) is 9.59 Å². The van der Waals surface area contributed by atoms with Gasteiger partial charge < -0.3 is 9.15 Å². The minimum Gasteiger partial charge on any atom is -0.462 e. The van der Waals surface area contributed by atoms with Crippen LogP contribution < -0.4 is 5.32 Å². The lowest BCUT2D eigenvalue weighted by atomic mass is 10.1. The van der Waals surface area contributed by atoms with Crippen LogP contribution in [0.15, 0.2) is 4.42 Å². The fraction of sp³-hybridized carbons (Fsp3) is 0.364. The van der Waals surface area contributed by atoms with E-state index in [-0.39, 0.29) is 35.3 Å². The molecule has 0 aliphatic heterocycles. The van der Waals surface area contributed by atoms with Gasteiger partial charge in [0, 0.05) is 0 Å². The van der Waals surface area contributed by atoms with E-state index in [2.05, 4.69) is 5.32 Å². The van der Waals surface area contributed by atoms with Crippen molar-refractivity contribution in [3.8, 4) is 6.07 Å². The molecule has 0 unspecified atom stereocenters. The highest BCUT2D eigenvalue weighted by Gasteiger charge is 2.25. The number of hydrogen-bond acceptors (Lipinski definition) is 5. The number of furan rings is 1. The Hall–Kier alpha value is -2.00. The lowest BCUT2D eigenvalue weighted by molar-refractivity contribution is -0.114. The molecule has 1 aromatic rings. The Kier molecular flexibility index (Phi) is 4.75. The zero-order valence-electron chi connectivity index (χ0n) is 9.87. The average Bonchev–Trinajstić information content (AvgIpc) is 2.65. The predicted molar refractivity (Wildman–Crippen MR) is 63.5 cm³/mol. The molecule has 0 bridgehead atoms. The second-order valence-electron chi connectivity index (χ2n) is 3.25. The third-order valence-corrected chi connectivity index (χ3v) is 2.29. The van der Waals surface area contributed by atoms with Crippen molar-refractivity contribution in [1.29, 1.82) is 5.26 Å². The molecule has 1 amide bonds. The number of nitriles is 1. The average molecular weight is 271 g/mol. The molecule has 0 atom stereocenters. The number of ether oxygens (including phenoxy) is 1. The molecule has 96 valence electrons. The van der Waals surface area contributed by atoms with E-state index in [1.165, 1.54) is 6.92 Å². The summed E-state index contributed by atoms with van der Waals surface area (Å²) in [6, 6.07) is 1.80. The largest absolute Gasteiger partial charge is 0.462 e. The van der Waals surface area contributed by atoms with Gasteiger partial charge in [-0.2, -0.15) is 5.26 Å². The maximum atomic E-state index is 11.6. The number of anilines is 1. The first-order valence-corrected chi connectivity index (χ1v) is 5.65. The Bertz CT molecular complexity index is 516. The summed E-state index contributed by atoms with van der Waals surface area (Å²) >= 11 is 5.33. The second kappa shape index (κ2) is 6.07. The van der Waals surface area contributed by atoms with Crippen molar-refractivity contribution in [2.24, 2.45) is 0 Å². The highest BCUT2D eigenvalue weighted by atomic mass is 35.5. The lowest BCUT2D eigenvalue weighted by Crippen LogP contribution is -2.13. The number of carbonyl (C=O) groups is 2. The number of nitrogens with one attached hydrogen (secondary N) is 1. The maximum absolute atomic E-state index is 11.6. The molecule has 1 aromatic heterocycles. The van der Waals surface area contributed by atoms with E-state index in [0.717, 1.165) is 0 Å². The van der Waals surface area contributed by atoms with Gasteiger partial charge in [-0.05, 0) is 13.8 Å². The Morgan fingerprint density at radius 1 is 1.56 bits per heavy atom. The zero-order chi connectivity index (χ0) is 13.7. The Balaban J connectivity index is 3.17. The molecule has 1 rings (SSSR count). The third-order valence-electron chi connectivity index (χ3n) is 2.05. The van der Waals surface area contributed by atoms with Crippen molar-refractivity contribution in [2.75, 3.05) is 17.8 Å². The van der Waals surface area contributed by atoms with Crippen LogP contribution in [0.5, 0.6) is 0 Å². The van der Waals surface area contributed by atoms with Gasteiger partial charge >= 0.3 is 5.97 Å². The standard InChI is InChI=1S/C11H11ClN2O4/c1-3-17-11(16)9-6(2)18-10(7(9)5-13)14-8(15)4-12/h3-4H2,1-2H3,(H,14,15). The first-order chi connectivity index (χ1) is 8.54. The van der Waals surface area contributed by atoms with E-state index in [4.69, 9.17) is 26.0 Å². The first-order valence-electron chi connectivity index (χ1n) is 5.11. The highest BCUT2D eigenvalue weighted by Crippen LogP contribution is 2.27. The number of halogens is 1. The van der Waals surface area contributed by atoms with Gasteiger partial charge in [0.15, 0.2) is 0 Å². The first kappa shape index (κ1) is 14.1. The van der Waals surface area contributed by atoms with Crippen LogP contribution in [-0.2, 0) is 9.53 Å².